The molecule has 0 fully saturated rings. The van der Waals surface area contributed by atoms with Gasteiger partial charge in [0, 0.05) is 24.8 Å². The lowest BCUT2D eigenvalue weighted by Crippen LogP contribution is -2.33. The summed E-state index contributed by atoms with van der Waals surface area (Å²) < 4.78 is 0. The first-order valence-electron chi connectivity index (χ1n) is 6.07. The third-order valence-electron chi connectivity index (χ3n) is 3.16. The van der Waals surface area contributed by atoms with E-state index < -0.39 is 0 Å². The lowest BCUT2D eigenvalue weighted by atomic mass is 10.2. The highest BCUT2D eigenvalue weighted by Gasteiger charge is 2.12. The van der Waals surface area contributed by atoms with E-state index in [0.29, 0.717) is 12.6 Å². The van der Waals surface area contributed by atoms with Crippen molar-refractivity contribution >= 4 is 5.82 Å². The molecule has 1 aromatic heterocycles. The van der Waals surface area contributed by atoms with Crippen LogP contribution in [0.5, 0.6) is 0 Å². The van der Waals surface area contributed by atoms with E-state index in [1.54, 1.807) is 0 Å². The van der Waals surface area contributed by atoms with Crippen molar-refractivity contribution in [2.75, 3.05) is 11.4 Å². The van der Waals surface area contributed by atoms with Crippen LogP contribution in [-0.2, 0) is 6.54 Å². The Hall–Kier alpha value is -1.09. The van der Waals surface area contributed by atoms with E-state index in [0.717, 1.165) is 30.0 Å². The molecule has 0 bridgehead atoms. The fourth-order valence-electron chi connectivity index (χ4n) is 1.87. The van der Waals surface area contributed by atoms with Gasteiger partial charge in [-0.15, -0.1) is 0 Å². The summed E-state index contributed by atoms with van der Waals surface area (Å²) in [4.78, 5) is 6.96. The number of anilines is 1. The topological polar surface area (TPSA) is 42.1 Å². The maximum absolute atomic E-state index is 5.64. The average molecular weight is 221 g/mol. The molecule has 0 spiro atoms. The van der Waals surface area contributed by atoms with Crippen molar-refractivity contribution in [2.45, 2.75) is 46.7 Å². The van der Waals surface area contributed by atoms with Gasteiger partial charge in [-0.2, -0.15) is 0 Å². The van der Waals surface area contributed by atoms with Gasteiger partial charge in [0.25, 0.3) is 0 Å². The number of rotatable bonds is 5. The minimum Gasteiger partial charge on any atom is -0.354 e. The van der Waals surface area contributed by atoms with Crippen molar-refractivity contribution in [2.24, 2.45) is 5.73 Å². The molecule has 3 nitrogen and oxygen atoms in total. The Morgan fingerprint density at radius 2 is 2.06 bits per heavy atom. The highest BCUT2D eigenvalue weighted by Crippen LogP contribution is 2.18. The Kier molecular flexibility index (Phi) is 4.74. The predicted octanol–water partition coefficient (Wildman–Crippen LogP) is 2.47. The molecule has 3 heteroatoms. The van der Waals surface area contributed by atoms with Crippen LogP contribution in [0.4, 0.5) is 5.82 Å². The third kappa shape index (κ3) is 2.73. The summed E-state index contributed by atoms with van der Waals surface area (Å²) >= 11 is 0. The van der Waals surface area contributed by atoms with Crippen LogP contribution in [0.1, 0.15) is 38.4 Å². The molecule has 0 amide bonds. The van der Waals surface area contributed by atoms with Crippen molar-refractivity contribution in [3.8, 4) is 0 Å². The number of aryl methyl sites for hydroxylation is 1. The Balaban J connectivity index is 2.98. The zero-order chi connectivity index (χ0) is 12.1. The Bertz CT molecular complexity index is 336. The van der Waals surface area contributed by atoms with Gasteiger partial charge in [0.15, 0.2) is 0 Å². The first-order chi connectivity index (χ1) is 7.63. The van der Waals surface area contributed by atoms with E-state index >= 15 is 0 Å². The summed E-state index contributed by atoms with van der Waals surface area (Å²) in [5.74, 6) is 1.06. The number of nitrogens with zero attached hydrogens (tertiary/aromatic N) is 2. The minimum absolute atomic E-state index is 0.528. The van der Waals surface area contributed by atoms with Crippen LogP contribution < -0.4 is 10.6 Å². The van der Waals surface area contributed by atoms with Gasteiger partial charge < -0.3 is 10.6 Å². The highest BCUT2D eigenvalue weighted by atomic mass is 15.2. The normalized spacial score (nSPS) is 12.6. The predicted molar refractivity (Wildman–Crippen MR) is 69.6 cm³/mol. The molecule has 1 atom stereocenters. The molecule has 0 aliphatic carbocycles. The molecule has 0 aliphatic heterocycles. The molecule has 0 aromatic carbocycles. The standard InChI is InChI=1S/C13H23N3/c1-5-10(3)16(6-2)13-8-7-12(9-14)11(4)15-13/h7-8,10H,5-6,9,14H2,1-4H3. The summed E-state index contributed by atoms with van der Waals surface area (Å²) in [6.45, 7) is 10.2. The molecule has 0 aliphatic rings. The van der Waals surface area contributed by atoms with Gasteiger partial charge in [-0.25, -0.2) is 4.98 Å². The summed E-state index contributed by atoms with van der Waals surface area (Å²) in [5.41, 5.74) is 7.81. The molecule has 16 heavy (non-hydrogen) atoms. The van der Waals surface area contributed by atoms with Crippen molar-refractivity contribution in [3.63, 3.8) is 0 Å². The van der Waals surface area contributed by atoms with Crippen LogP contribution in [0.25, 0.3) is 0 Å². The quantitative estimate of drug-likeness (QED) is 0.830. The maximum atomic E-state index is 5.64. The van der Waals surface area contributed by atoms with E-state index in [1.165, 1.54) is 0 Å². The van der Waals surface area contributed by atoms with Crippen molar-refractivity contribution in [1.29, 1.82) is 0 Å². The fourth-order valence-corrected chi connectivity index (χ4v) is 1.87. The van der Waals surface area contributed by atoms with Crippen LogP contribution >= 0.6 is 0 Å². The van der Waals surface area contributed by atoms with Gasteiger partial charge in [0.2, 0.25) is 0 Å². The van der Waals surface area contributed by atoms with Gasteiger partial charge in [-0.05, 0) is 38.8 Å². The molecule has 1 aromatic rings. The first kappa shape index (κ1) is 13.0. The van der Waals surface area contributed by atoms with Gasteiger partial charge >= 0.3 is 0 Å². The van der Waals surface area contributed by atoms with Crippen molar-refractivity contribution in [3.05, 3.63) is 23.4 Å². The monoisotopic (exact) mass is 221 g/mol. The Morgan fingerprint density at radius 3 is 2.50 bits per heavy atom. The average Bonchev–Trinajstić information content (AvgIpc) is 2.30. The van der Waals surface area contributed by atoms with Gasteiger partial charge in [-0.1, -0.05) is 13.0 Å². The molecule has 0 radical (unpaired) electrons. The molecule has 0 saturated heterocycles. The van der Waals surface area contributed by atoms with Crippen molar-refractivity contribution < 1.29 is 0 Å². The SMILES string of the molecule is CCC(C)N(CC)c1ccc(CN)c(C)n1. The van der Waals surface area contributed by atoms with Crippen molar-refractivity contribution in [1.82, 2.24) is 4.98 Å². The molecular weight excluding hydrogens is 198 g/mol. The Labute approximate surface area is 98.7 Å². The first-order valence-corrected chi connectivity index (χ1v) is 6.07. The second-order valence-corrected chi connectivity index (χ2v) is 4.16. The van der Waals surface area contributed by atoms with E-state index in [9.17, 15) is 0 Å². The van der Waals surface area contributed by atoms with E-state index in [4.69, 9.17) is 5.73 Å². The van der Waals surface area contributed by atoms with Gasteiger partial charge in [0.05, 0.1) is 0 Å². The van der Waals surface area contributed by atoms with Crippen LogP contribution in [0.2, 0.25) is 0 Å². The lowest BCUT2D eigenvalue weighted by molar-refractivity contribution is 0.622. The number of aromatic nitrogens is 1. The van der Waals surface area contributed by atoms with E-state index in [1.807, 2.05) is 6.92 Å². The summed E-state index contributed by atoms with van der Waals surface area (Å²) in [6.07, 6.45) is 1.13. The van der Waals surface area contributed by atoms with Crippen LogP contribution in [0.15, 0.2) is 12.1 Å². The zero-order valence-electron chi connectivity index (χ0n) is 10.8. The third-order valence-corrected chi connectivity index (χ3v) is 3.16. The van der Waals surface area contributed by atoms with E-state index in [2.05, 4.69) is 42.8 Å². The minimum atomic E-state index is 0.528. The molecule has 1 unspecified atom stereocenters. The fraction of sp³-hybridized carbons (Fsp3) is 0.615. The molecule has 0 saturated carbocycles. The van der Waals surface area contributed by atoms with Crippen LogP contribution in [0.3, 0.4) is 0 Å². The molecule has 1 heterocycles. The van der Waals surface area contributed by atoms with Crippen LogP contribution in [-0.4, -0.2) is 17.6 Å². The summed E-state index contributed by atoms with van der Waals surface area (Å²) in [7, 11) is 0. The second-order valence-electron chi connectivity index (χ2n) is 4.16. The smallest absolute Gasteiger partial charge is 0.129 e. The summed E-state index contributed by atoms with van der Waals surface area (Å²) in [5, 5.41) is 0. The number of nitrogens with two attached hydrogens (primary N) is 1. The zero-order valence-corrected chi connectivity index (χ0v) is 10.8. The summed E-state index contributed by atoms with van der Waals surface area (Å²) in [6, 6.07) is 4.69. The number of hydrogen-bond acceptors (Lipinski definition) is 3. The second kappa shape index (κ2) is 5.85. The lowest BCUT2D eigenvalue weighted by Gasteiger charge is -2.28. The van der Waals surface area contributed by atoms with Crippen LogP contribution in [0, 0.1) is 6.92 Å². The molecule has 90 valence electrons. The van der Waals surface area contributed by atoms with Gasteiger partial charge in [0.1, 0.15) is 5.82 Å². The molecule has 2 N–H and O–H groups in total. The largest absolute Gasteiger partial charge is 0.354 e. The Morgan fingerprint density at radius 1 is 1.38 bits per heavy atom. The molecular formula is C13H23N3. The highest BCUT2D eigenvalue weighted by molar-refractivity contribution is 5.42. The van der Waals surface area contributed by atoms with Gasteiger partial charge in [-0.3, -0.25) is 0 Å². The number of pyridine rings is 1. The maximum Gasteiger partial charge on any atom is 0.129 e. The van der Waals surface area contributed by atoms with E-state index in [-0.39, 0.29) is 0 Å². The molecule has 1 rings (SSSR count). The number of hydrogen-bond donors (Lipinski definition) is 1.